The number of sulfone groups is 2. The highest BCUT2D eigenvalue weighted by molar-refractivity contribution is 7.91. The van der Waals surface area contributed by atoms with Gasteiger partial charge in [-0.1, -0.05) is 12.1 Å². The molecule has 2 aromatic carbocycles. The predicted molar refractivity (Wildman–Crippen MR) is 258 cm³/mol. The number of hydrogen-bond donors (Lipinski definition) is 2. The number of rotatable bonds is 18. The maximum Gasteiger partial charge on any atom is 0.170 e. The van der Waals surface area contributed by atoms with E-state index >= 15 is 0 Å². The van der Waals surface area contributed by atoms with Gasteiger partial charge in [0.2, 0.25) is 0 Å². The molecule has 24 heteroatoms. The van der Waals surface area contributed by atoms with Crippen molar-refractivity contribution in [2.24, 2.45) is 0 Å². The molecule has 6 heterocycles. The summed E-state index contributed by atoms with van der Waals surface area (Å²) in [6.45, 7) is 4.59. The van der Waals surface area contributed by atoms with Crippen molar-refractivity contribution in [3.8, 4) is 57.1 Å². The Morgan fingerprint density at radius 2 is 0.930 bits per heavy atom. The van der Waals surface area contributed by atoms with Gasteiger partial charge in [0, 0.05) is 54.5 Å². The van der Waals surface area contributed by atoms with E-state index in [-0.39, 0.29) is 23.0 Å². The van der Waals surface area contributed by atoms with E-state index in [0.717, 1.165) is 0 Å². The number of benzene rings is 2. The number of ether oxygens (including phenoxy) is 4. The Morgan fingerprint density at radius 1 is 0.507 bits per heavy atom. The molecule has 4 atom stereocenters. The first kappa shape index (κ1) is 51.1. The first-order chi connectivity index (χ1) is 34.1. The highest BCUT2D eigenvalue weighted by Crippen LogP contribution is 2.39. The quantitative estimate of drug-likeness (QED) is 0.118. The van der Waals surface area contributed by atoms with Gasteiger partial charge in [-0.3, -0.25) is 39.0 Å². The molecule has 0 aliphatic carbocycles. The summed E-state index contributed by atoms with van der Waals surface area (Å²) in [4.78, 5) is 24.4. The van der Waals surface area contributed by atoms with Crippen molar-refractivity contribution < 1.29 is 46.0 Å². The number of aliphatic hydroxyl groups is 2. The molecule has 0 aliphatic rings. The molecule has 0 amide bonds. The van der Waals surface area contributed by atoms with Crippen LogP contribution < -0.4 is 18.9 Å². The topological polar surface area (TPSA) is 284 Å². The fourth-order valence-electron chi connectivity index (χ4n) is 7.27. The van der Waals surface area contributed by atoms with Crippen LogP contribution in [0, 0.1) is 6.92 Å². The molecule has 6 aromatic heterocycles. The highest BCUT2D eigenvalue weighted by atomic mass is 32.2. The molecule has 22 nitrogen and oxygen atoms in total. The normalized spacial score (nSPS) is 13.3. The van der Waals surface area contributed by atoms with Crippen LogP contribution in [0.1, 0.15) is 54.8 Å². The molecular weight excluding hydrogens is 957 g/mol. The largest absolute Gasteiger partial charge is 0.494 e. The summed E-state index contributed by atoms with van der Waals surface area (Å²) in [6.07, 6.45) is 10.7. The van der Waals surface area contributed by atoms with Gasteiger partial charge in [0.1, 0.15) is 58.1 Å². The summed E-state index contributed by atoms with van der Waals surface area (Å²) < 4.78 is 79.1. The second-order valence-electron chi connectivity index (χ2n) is 15.7. The van der Waals surface area contributed by atoms with Gasteiger partial charge in [0.05, 0.1) is 68.4 Å². The number of methoxy groups -OCH3 is 4. The van der Waals surface area contributed by atoms with Gasteiger partial charge in [0.25, 0.3) is 0 Å². The van der Waals surface area contributed by atoms with E-state index in [9.17, 15) is 27.0 Å². The van der Waals surface area contributed by atoms with E-state index in [1.54, 1.807) is 102 Å². The van der Waals surface area contributed by atoms with E-state index in [1.807, 2.05) is 0 Å². The molecule has 0 bridgehead atoms. The minimum absolute atomic E-state index is 0.116. The van der Waals surface area contributed by atoms with Gasteiger partial charge in [0.15, 0.2) is 43.0 Å². The first-order valence-electron chi connectivity index (χ1n) is 21.6. The lowest BCUT2D eigenvalue weighted by Crippen LogP contribution is -2.28. The Labute approximate surface area is 409 Å². The van der Waals surface area contributed by atoms with Crippen molar-refractivity contribution in [3.63, 3.8) is 0 Å². The van der Waals surface area contributed by atoms with E-state index in [2.05, 4.69) is 50.3 Å². The van der Waals surface area contributed by atoms with Crippen molar-refractivity contribution in [1.29, 1.82) is 0 Å². The number of pyridine rings is 2. The van der Waals surface area contributed by atoms with Crippen LogP contribution >= 0.6 is 0 Å². The van der Waals surface area contributed by atoms with E-state index < -0.39 is 53.9 Å². The summed E-state index contributed by atoms with van der Waals surface area (Å²) in [5, 5.41) is 36.0. The number of hydrogen-bond acceptors (Lipinski definition) is 20. The Bertz CT molecular complexity index is 3230. The number of aliphatic hydroxyl groups excluding tert-OH is 2. The third kappa shape index (κ3) is 11.1. The highest BCUT2D eigenvalue weighted by Gasteiger charge is 2.35. The van der Waals surface area contributed by atoms with Crippen molar-refractivity contribution in [2.45, 2.75) is 55.0 Å². The van der Waals surface area contributed by atoms with Crippen molar-refractivity contribution in [2.75, 3.05) is 28.4 Å². The molecular formula is C47H50N12O10S2. The molecule has 370 valence electrons. The zero-order chi connectivity index (χ0) is 50.9. The molecule has 0 unspecified atom stereocenters. The van der Waals surface area contributed by atoms with Crippen molar-refractivity contribution >= 4 is 19.7 Å². The predicted octanol–water partition coefficient (Wildman–Crippen LogP) is 4.66. The minimum atomic E-state index is -3.95. The van der Waals surface area contributed by atoms with Crippen LogP contribution in [0.25, 0.3) is 34.2 Å². The number of para-hydroxylation sites is 2. The van der Waals surface area contributed by atoms with Gasteiger partial charge in [-0.15, -0.1) is 20.4 Å². The van der Waals surface area contributed by atoms with E-state index in [0.29, 0.717) is 62.8 Å². The molecule has 71 heavy (non-hydrogen) atoms. The molecule has 2 N–H and O–H groups in total. The molecule has 0 fully saturated rings. The summed E-state index contributed by atoms with van der Waals surface area (Å²) >= 11 is 0. The summed E-state index contributed by atoms with van der Waals surface area (Å²) in [7, 11) is -1.87. The van der Waals surface area contributed by atoms with Crippen LogP contribution in [0.2, 0.25) is 0 Å². The summed E-state index contributed by atoms with van der Waals surface area (Å²) in [6, 6.07) is 17.5. The van der Waals surface area contributed by atoms with Crippen LogP contribution in [0.15, 0.2) is 116 Å². The standard InChI is InChI=1S/C24H26N6O5S.C23H24N6O5S/c1-15-11-27-18(13-26-15)23(31)16(2)36(32,33)14-21-28-29-24(17-7-6-10-25-12-17)30(21)22-19(34-3)8-5-9-20(22)35-4;1-15(22(30)17-13-25-10-11-26-17)35(31,32)14-20-27-28-23(16-6-5-9-24-12-16)29(20)21-18(33-2)7-4-8-19(21)34-3/h5-13,16,23,31H,14H2,1-4H3;4-13,15,22,30H,14H2,1-3H3/t16-,23-;15-,22-/m10/s1. The zero-order valence-electron chi connectivity index (χ0n) is 39.5. The fourth-order valence-corrected chi connectivity index (χ4v) is 9.96. The molecule has 0 saturated heterocycles. The van der Waals surface area contributed by atoms with Gasteiger partial charge in [-0.05, 0) is 69.3 Å². The lowest BCUT2D eigenvalue weighted by molar-refractivity contribution is 0.170. The van der Waals surface area contributed by atoms with Crippen LogP contribution in [0.3, 0.4) is 0 Å². The van der Waals surface area contributed by atoms with Crippen LogP contribution in [0.4, 0.5) is 0 Å². The Hall–Kier alpha value is -7.80. The first-order valence-corrected chi connectivity index (χ1v) is 25.0. The number of nitrogens with zero attached hydrogens (tertiary/aromatic N) is 12. The average molecular weight is 1010 g/mol. The second kappa shape index (κ2) is 22.3. The van der Waals surface area contributed by atoms with Crippen molar-refractivity contribution in [1.82, 2.24) is 59.4 Å². The zero-order valence-corrected chi connectivity index (χ0v) is 41.2. The summed E-state index contributed by atoms with van der Waals surface area (Å²) in [5.41, 5.74) is 3.09. The fraction of sp³-hybridized carbons (Fsp3) is 0.277. The monoisotopic (exact) mass is 1010 g/mol. The van der Waals surface area contributed by atoms with E-state index in [4.69, 9.17) is 18.9 Å². The maximum absolute atomic E-state index is 13.5. The second-order valence-corrected chi connectivity index (χ2v) is 20.4. The minimum Gasteiger partial charge on any atom is -0.494 e. The Balaban J connectivity index is 0.000000209. The smallest absolute Gasteiger partial charge is 0.170 e. The lowest BCUT2D eigenvalue weighted by atomic mass is 10.2. The number of aryl methyl sites for hydroxylation is 1. The van der Waals surface area contributed by atoms with Crippen LogP contribution in [-0.2, 0) is 31.2 Å². The molecule has 0 radical (unpaired) electrons. The maximum atomic E-state index is 13.5. The van der Waals surface area contributed by atoms with Gasteiger partial charge in [-0.2, -0.15) is 0 Å². The Kier molecular flexibility index (Phi) is 16.0. The average Bonchev–Trinajstić information content (AvgIpc) is 4.01. The third-order valence-electron chi connectivity index (χ3n) is 11.2. The van der Waals surface area contributed by atoms with E-state index in [1.165, 1.54) is 73.3 Å². The van der Waals surface area contributed by atoms with Crippen molar-refractivity contribution in [3.05, 3.63) is 145 Å². The third-order valence-corrected chi connectivity index (χ3v) is 15.3. The molecule has 0 saturated carbocycles. The van der Waals surface area contributed by atoms with Crippen LogP contribution in [-0.4, -0.2) is 125 Å². The van der Waals surface area contributed by atoms with Gasteiger partial charge < -0.3 is 29.2 Å². The van der Waals surface area contributed by atoms with Gasteiger partial charge >= 0.3 is 0 Å². The number of aromatic nitrogens is 12. The molecule has 8 aromatic rings. The molecule has 0 aliphatic heterocycles. The Morgan fingerprint density at radius 3 is 1.28 bits per heavy atom. The SMILES string of the molecule is COc1cccc(OC)c1-n1c(CS(=O)(=O)[C@@H](C)[C@H](O)c2cnccn2)nnc1-c1cccnc1.COc1cccc(OC)c1-n1c(CS(=O)(=O)[C@H](C)[C@@H](O)c2cnc(C)cn2)nnc1-c1cccnc1. The summed E-state index contributed by atoms with van der Waals surface area (Å²) in [5.74, 6) is 1.64. The van der Waals surface area contributed by atoms with Gasteiger partial charge in [-0.25, -0.2) is 16.8 Å². The van der Waals surface area contributed by atoms with Crippen LogP contribution in [0.5, 0.6) is 23.0 Å². The molecule has 8 rings (SSSR count). The lowest BCUT2D eigenvalue weighted by Gasteiger charge is -2.20. The molecule has 0 spiro atoms.